The first-order valence-electron chi connectivity index (χ1n) is 5.57. The average Bonchev–Trinajstić information content (AvgIpc) is 2.43. The van der Waals surface area contributed by atoms with Crippen LogP contribution in [0.1, 0.15) is 15.9 Å². The number of nitrogens with two attached hydrogens (primary N) is 1. The lowest BCUT2D eigenvalue weighted by Crippen LogP contribution is -2.14. The van der Waals surface area contributed by atoms with Gasteiger partial charge in [-0.05, 0) is 36.4 Å². The van der Waals surface area contributed by atoms with Crippen LogP contribution in [0.4, 0.5) is 15.8 Å². The molecule has 0 unspecified atom stereocenters. The highest BCUT2D eigenvalue weighted by Crippen LogP contribution is 2.21. The average molecular weight is 334 g/mol. The maximum absolute atomic E-state index is 13.6. The van der Waals surface area contributed by atoms with Gasteiger partial charge in [0.25, 0.3) is 5.91 Å². The molecule has 0 aliphatic rings. The number of hydrogen-bond acceptors (Lipinski definition) is 3. The van der Waals surface area contributed by atoms with Crippen molar-refractivity contribution >= 4 is 33.2 Å². The second kappa shape index (κ2) is 5.72. The van der Waals surface area contributed by atoms with E-state index in [2.05, 4.69) is 21.2 Å². The van der Waals surface area contributed by atoms with Crippen molar-refractivity contribution < 1.29 is 9.18 Å². The highest BCUT2D eigenvalue weighted by molar-refractivity contribution is 9.10. The molecule has 0 aliphatic carbocycles. The Hall–Kier alpha value is -2.39. The first-order chi connectivity index (χ1) is 9.51. The Kier molecular flexibility index (Phi) is 4.01. The molecule has 2 rings (SSSR count). The second-order valence-corrected chi connectivity index (χ2v) is 4.91. The summed E-state index contributed by atoms with van der Waals surface area (Å²) < 4.78 is 14.2. The molecule has 6 heteroatoms. The first kappa shape index (κ1) is 14.0. The van der Waals surface area contributed by atoms with E-state index in [1.165, 1.54) is 30.3 Å². The summed E-state index contributed by atoms with van der Waals surface area (Å²) in [6, 6.07) is 10.5. The van der Waals surface area contributed by atoms with E-state index in [4.69, 9.17) is 11.0 Å². The summed E-state index contributed by atoms with van der Waals surface area (Å²) in [7, 11) is 0. The molecule has 0 saturated heterocycles. The van der Waals surface area contributed by atoms with Crippen LogP contribution in [-0.4, -0.2) is 5.91 Å². The topological polar surface area (TPSA) is 78.9 Å². The van der Waals surface area contributed by atoms with Gasteiger partial charge >= 0.3 is 0 Å². The summed E-state index contributed by atoms with van der Waals surface area (Å²) in [6.45, 7) is 0. The highest BCUT2D eigenvalue weighted by atomic mass is 79.9. The molecule has 0 aromatic heterocycles. The molecule has 0 atom stereocenters. The molecular formula is C14H9BrFN3O. The molecule has 0 heterocycles. The van der Waals surface area contributed by atoms with E-state index in [1.807, 2.05) is 6.07 Å². The van der Waals surface area contributed by atoms with E-state index in [0.717, 1.165) is 0 Å². The van der Waals surface area contributed by atoms with E-state index in [0.29, 0.717) is 10.2 Å². The van der Waals surface area contributed by atoms with Gasteiger partial charge < -0.3 is 11.1 Å². The summed E-state index contributed by atoms with van der Waals surface area (Å²) in [5.74, 6) is -1.27. The van der Waals surface area contributed by atoms with Crippen LogP contribution < -0.4 is 11.1 Å². The summed E-state index contributed by atoms with van der Waals surface area (Å²) in [5.41, 5.74) is 6.36. The van der Waals surface area contributed by atoms with E-state index < -0.39 is 11.7 Å². The molecule has 3 N–H and O–H groups in total. The third kappa shape index (κ3) is 2.95. The number of hydrogen-bond donors (Lipinski definition) is 2. The van der Waals surface area contributed by atoms with E-state index >= 15 is 0 Å². The normalized spacial score (nSPS) is 9.85. The Morgan fingerprint density at radius 2 is 2.05 bits per heavy atom. The molecule has 0 bridgehead atoms. The summed E-state index contributed by atoms with van der Waals surface area (Å²) in [5, 5.41) is 11.5. The molecule has 100 valence electrons. The number of amides is 1. The quantitative estimate of drug-likeness (QED) is 0.827. The highest BCUT2D eigenvalue weighted by Gasteiger charge is 2.14. The minimum Gasteiger partial charge on any atom is -0.399 e. The Morgan fingerprint density at radius 3 is 2.75 bits per heavy atom. The summed E-state index contributed by atoms with van der Waals surface area (Å²) >= 11 is 3.17. The fraction of sp³-hybridized carbons (Fsp3) is 0. The molecule has 0 fully saturated rings. The Balaban J connectivity index is 2.33. The molecule has 0 spiro atoms. The number of benzene rings is 2. The SMILES string of the molecule is N#Cc1cc(N)ccc1NC(=O)c1cc(Br)ccc1F. The number of nitrogen functional groups attached to an aromatic ring is 1. The van der Waals surface area contributed by atoms with Crippen LogP contribution in [0, 0.1) is 17.1 Å². The number of halogens is 2. The number of nitriles is 1. The standard InChI is InChI=1S/C14H9BrFN3O/c15-9-1-3-12(16)11(6-9)14(20)19-13-4-2-10(18)5-8(13)7-17/h1-6H,18H2,(H,19,20). The predicted molar refractivity (Wildman–Crippen MR) is 77.6 cm³/mol. The minimum absolute atomic E-state index is 0.111. The van der Waals surface area contributed by atoms with Crippen molar-refractivity contribution in [3.8, 4) is 6.07 Å². The number of anilines is 2. The molecule has 0 aliphatic heterocycles. The predicted octanol–water partition coefficient (Wildman–Crippen LogP) is 3.29. The van der Waals surface area contributed by atoms with Gasteiger partial charge in [-0.25, -0.2) is 4.39 Å². The molecule has 0 radical (unpaired) electrons. The van der Waals surface area contributed by atoms with Gasteiger partial charge in [0.2, 0.25) is 0 Å². The van der Waals surface area contributed by atoms with E-state index in [-0.39, 0.29) is 16.8 Å². The van der Waals surface area contributed by atoms with Gasteiger partial charge in [-0.15, -0.1) is 0 Å². The largest absolute Gasteiger partial charge is 0.399 e. The number of rotatable bonds is 2. The van der Waals surface area contributed by atoms with E-state index in [9.17, 15) is 9.18 Å². The third-order valence-corrected chi connectivity index (χ3v) is 3.08. The zero-order chi connectivity index (χ0) is 14.7. The monoisotopic (exact) mass is 333 g/mol. The fourth-order valence-corrected chi connectivity index (χ4v) is 1.99. The van der Waals surface area contributed by atoms with Crippen LogP contribution in [0.3, 0.4) is 0 Å². The van der Waals surface area contributed by atoms with Crippen LogP contribution in [0.5, 0.6) is 0 Å². The van der Waals surface area contributed by atoms with Gasteiger partial charge in [-0.3, -0.25) is 4.79 Å². The van der Waals surface area contributed by atoms with Gasteiger partial charge in [0.1, 0.15) is 11.9 Å². The van der Waals surface area contributed by atoms with E-state index in [1.54, 1.807) is 6.07 Å². The van der Waals surface area contributed by atoms with Crippen molar-refractivity contribution in [2.24, 2.45) is 0 Å². The number of nitrogens with zero attached hydrogens (tertiary/aromatic N) is 1. The molecule has 2 aromatic carbocycles. The van der Waals surface area contributed by atoms with Gasteiger partial charge in [-0.1, -0.05) is 15.9 Å². The maximum Gasteiger partial charge on any atom is 0.258 e. The lowest BCUT2D eigenvalue weighted by Gasteiger charge is -2.08. The molecular weight excluding hydrogens is 325 g/mol. The lowest BCUT2D eigenvalue weighted by molar-refractivity contribution is 0.102. The Morgan fingerprint density at radius 1 is 1.30 bits per heavy atom. The van der Waals surface area contributed by atoms with Gasteiger partial charge in [-0.2, -0.15) is 5.26 Å². The smallest absolute Gasteiger partial charge is 0.258 e. The maximum atomic E-state index is 13.6. The van der Waals surface area contributed by atoms with Crippen LogP contribution in [-0.2, 0) is 0 Å². The Labute approximate surface area is 123 Å². The zero-order valence-electron chi connectivity index (χ0n) is 10.2. The second-order valence-electron chi connectivity index (χ2n) is 4.00. The van der Waals surface area contributed by atoms with Crippen molar-refractivity contribution in [2.45, 2.75) is 0 Å². The van der Waals surface area contributed by atoms with Crippen molar-refractivity contribution in [1.29, 1.82) is 5.26 Å². The molecule has 4 nitrogen and oxygen atoms in total. The van der Waals surface area contributed by atoms with Crippen LogP contribution in [0.25, 0.3) is 0 Å². The van der Waals surface area contributed by atoms with Crippen molar-refractivity contribution in [3.05, 3.63) is 57.8 Å². The Bertz CT molecular complexity index is 725. The third-order valence-electron chi connectivity index (χ3n) is 2.59. The van der Waals surface area contributed by atoms with Crippen molar-refractivity contribution in [3.63, 3.8) is 0 Å². The number of carbonyl (C=O) groups is 1. The van der Waals surface area contributed by atoms with Crippen LogP contribution >= 0.6 is 15.9 Å². The number of nitrogens with one attached hydrogen (secondary N) is 1. The molecule has 1 amide bonds. The molecule has 0 saturated carbocycles. The lowest BCUT2D eigenvalue weighted by atomic mass is 10.1. The molecule has 20 heavy (non-hydrogen) atoms. The first-order valence-corrected chi connectivity index (χ1v) is 6.36. The molecule has 2 aromatic rings. The van der Waals surface area contributed by atoms with Crippen molar-refractivity contribution in [2.75, 3.05) is 11.1 Å². The minimum atomic E-state index is -0.639. The van der Waals surface area contributed by atoms with Gasteiger partial charge in [0, 0.05) is 10.2 Å². The van der Waals surface area contributed by atoms with Crippen molar-refractivity contribution in [1.82, 2.24) is 0 Å². The fourth-order valence-electron chi connectivity index (χ4n) is 1.62. The van der Waals surface area contributed by atoms with Crippen LogP contribution in [0.15, 0.2) is 40.9 Å². The zero-order valence-corrected chi connectivity index (χ0v) is 11.7. The van der Waals surface area contributed by atoms with Gasteiger partial charge in [0.15, 0.2) is 0 Å². The summed E-state index contributed by atoms with van der Waals surface area (Å²) in [6.07, 6.45) is 0. The summed E-state index contributed by atoms with van der Waals surface area (Å²) in [4.78, 5) is 12.0. The van der Waals surface area contributed by atoms with Crippen LogP contribution in [0.2, 0.25) is 0 Å². The number of carbonyl (C=O) groups excluding carboxylic acids is 1. The van der Waals surface area contributed by atoms with Gasteiger partial charge in [0.05, 0.1) is 16.8 Å².